The average molecular weight is 106 g/mol. The van der Waals surface area contributed by atoms with Gasteiger partial charge in [-0.3, -0.25) is 0 Å². The molecule has 3 aliphatic rings. The first-order valence-corrected chi connectivity index (χ1v) is 2.94. The van der Waals surface area contributed by atoms with E-state index < -0.39 is 0 Å². The molecule has 0 N–H and O–H groups in total. The monoisotopic (exact) mass is 106 g/mol. The number of fused-ring (bicyclic) bond motifs is 1. The number of hydrogen-bond acceptors (Lipinski definition) is 0. The van der Waals surface area contributed by atoms with Crippen molar-refractivity contribution in [3.63, 3.8) is 0 Å². The Bertz CT molecular complexity index is 198. The molecule has 2 heterocycles. The molecule has 1 saturated carbocycles. The van der Waals surface area contributed by atoms with Crippen LogP contribution in [0.1, 0.15) is 12.8 Å². The predicted molar refractivity (Wildman–Crippen MR) is 35.1 cm³/mol. The lowest BCUT2D eigenvalue weighted by Gasteiger charge is -2.20. The standard InChI is InChI=1S/C7H8N/c1-5-4-8-7-2-6(5)3-7/h4,6H,1-3H2/q+1. The van der Waals surface area contributed by atoms with E-state index in [2.05, 4.69) is 11.2 Å². The summed E-state index contributed by atoms with van der Waals surface area (Å²) in [5.74, 6) is 0.766. The summed E-state index contributed by atoms with van der Waals surface area (Å²) in [4.78, 5) is 0. The quantitative estimate of drug-likeness (QED) is 0.400. The van der Waals surface area contributed by atoms with Crippen LogP contribution in [-0.2, 0) is 0 Å². The van der Waals surface area contributed by atoms with Gasteiger partial charge in [0.05, 0.1) is 12.8 Å². The molecule has 0 radical (unpaired) electrons. The van der Waals surface area contributed by atoms with E-state index in [1.165, 1.54) is 24.1 Å². The molecule has 8 heavy (non-hydrogen) atoms. The van der Waals surface area contributed by atoms with Gasteiger partial charge in [0.25, 0.3) is 11.9 Å². The fraction of sp³-hybridized carbons (Fsp3) is 0.429. The summed E-state index contributed by atoms with van der Waals surface area (Å²) in [5.41, 5.74) is 2.59. The second kappa shape index (κ2) is 1.12. The minimum atomic E-state index is 0.766. The summed E-state index contributed by atoms with van der Waals surface area (Å²) in [6, 6.07) is 0. The normalized spacial score (nSPS) is 25.0. The third-order valence-corrected chi connectivity index (χ3v) is 1.90. The van der Waals surface area contributed by atoms with Gasteiger partial charge in [-0.15, -0.1) is 4.67 Å². The predicted octanol–water partition coefficient (Wildman–Crippen LogP) is 0.545. The smallest absolute Gasteiger partial charge is 0.102 e. The first-order chi connectivity index (χ1) is 3.86. The number of nitrogens with zero attached hydrogens (tertiary/aromatic N) is 1. The lowest BCUT2D eigenvalue weighted by molar-refractivity contribution is 0.597. The van der Waals surface area contributed by atoms with Crippen LogP contribution in [0.4, 0.5) is 0 Å². The summed E-state index contributed by atoms with van der Waals surface area (Å²) < 4.78 is 4.17. The molecule has 0 aromatic rings. The van der Waals surface area contributed by atoms with E-state index in [1.807, 2.05) is 6.21 Å². The molecule has 2 bridgehead atoms. The van der Waals surface area contributed by atoms with Gasteiger partial charge in [0.1, 0.15) is 0 Å². The molecule has 40 valence electrons. The highest BCUT2D eigenvalue weighted by atomic mass is 14.7. The summed E-state index contributed by atoms with van der Waals surface area (Å²) in [7, 11) is 0. The third-order valence-electron chi connectivity index (χ3n) is 1.90. The van der Waals surface area contributed by atoms with E-state index >= 15 is 0 Å². The molecule has 1 fully saturated rings. The molecule has 0 unspecified atom stereocenters. The van der Waals surface area contributed by atoms with Gasteiger partial charge in [-0.2, -0.15) is 0 Å². The van der Waals surface area contributed by atoms with Crippen molar-refractivity contribution in [1.29, 1.82) is 0 Å². The molecule has 1 heteroatoms. The maximum Gasteiger partial charge on any atom is 0.295 e. The highest BCUT2D eigenvalue weighted by Gasteiger charge is 2.37. The number of hydrogen-bond donors (Lipinski definition) is 0. The summed E-state index contributed by atoms with van der Waals surface area (Å²) in [5, 5.41) is 0. The lowest BCUT2D eigenvalue weighted by atomic mass is 9.77. The Labute approximate surface area is 48.5 Å². The van der Waals surface area contributed by atoms with Crippen LogP contribution in [0.15, 0.2) is 12.2 Å². The Kier molecular flexibility index (Phi) is 0.576. The highest BCUT2D eigenvalue weighted by Crippen LogP contribution is 2.29. The van der Waals surface area contributed by atoms with Crippen LogP contribution in [-0.4, -0.2) is 11.9 Å². The van der Waals surface area contributed by atoms with Crippen molar-refractivity contribution in [2.45, 2.75) is 12.8 Å². The molecule has 0 spiro atoms. The van der Waals surface area contributed by atoms with Gasteiger partial charge in [0, 0.05) is 11.5 Å². The third kappa shape index (κ3) is 0.348. The maximum atomic E-state index is 4.17. The minimum Gasteiger partial charge on any atom is -0.102 e. The summed E-state index contributed by atoms with van der Waals surface area (Å²) in [6.07, 6.45) is 4.28. The molecule has 1 aliphatic carbocycles. The Morgan fingerprint density at radius 3 is 2.62 bits per heavy atom. The topological polar surface area (TPSA) is 14.1 Å². The zero-order valence-electron chi connectivity index (χ0n) is 4.72. The SMILES string of the molecule is C=C1C=[N+]=C2CC1C2. The zero-order chi connectivity index (χ0) is 5.56. The molecule has 0 saturated heterocycles. The summed E-state index contributed by atoms with van der Waals surface area (Å²) in [6.45, 7) is 3.87. The van der Waals surface area contributed by atoms with Crippen LogP contribution < -0.4 is 4.67 Å². The molecule has 0 aromatic carbocycles. The molecule has 3 rings (SSSR count). The second-order valence-corrected chi connectivity index (χ2v) is 2.50. The van der Waals surface area contributed by atoms with Crippen molar-refractivity contribution in [2.24, 2.45) is 5.92 Å². The van der Waals surface area contributed by atoms with Crippen LogP contribution in [0, 0.1) is 5.92 Å². The minimum absolute atomic E-state index is 0.766. The van der Waals surface area contributed by atoms with Gasteiger partial charge >= 0.3 is 0 Å². The van der Waals surface area contributed by atoms with E-state index in [0.717, 1.165) is 5.92 Å². The Hall–Kier alpha value is -0.810. The lowest BCUT2D eigenvalue weighted by Crippen LogP contribution is -2.31. The van der Waals surface area contributed by atoms with Crippen molar-refractivity contribution in [3.05, 3.63) is 12.2 Å². The van der Waals surface area contributed by atoms with Crippen molar-refractivity contribution < 1.29 is 0 Å². The fourth-order valence-corrected chi connectivity index (χ4v) is 1.16. The van der Waals surface area contributed by atoms with Crippen molar-refractivity contribution >= 4 is 11.9 Å². The first-order valence-electron chi connectivity index (χ1n) is 2.94. The van der Waals surface area contributed by atoms with Gasteiger partial charge in [0.15, 0.2) is 0 Å². The molecular weight excluding hydrogens is 98.1 g/mol. The fourth-order valence-electron chi connectivity index (χ4n) is 1.16. The van der Waals surface area contributed by atoms with E-state index in [9.17, 15) is 0 Å². The molecular formula is C7H8N+. The molecule has 0 aromatic heterocycles. The first kappa shape index (κ1) is 4.11. The molecule has 1 nitrogen and oxygen atoms in total. The zero-order valence-corrected chi connectivity index (χ0v) is 4.72. The Balaban J connectivity index is 2.52. The van der Waals surface area contributed by atoms with E-state index in [1.54, 1.807) is 0 Å². The van der Waals surface area contributed by atoms with Gasteiger partial charge in [-0.1, -0.05) is 6.58 Å². The average Bonchev–Trinajstić information content (AvgIpc) is 1.62. The van der Waals surface area contributed by atoms with Crippen LogP contribution in [0.5, 0.6) is 0 Å². The van der Waals surface area contributed by atoms with Crippen molar-refractivity contribution in [2.75, 3.05) is 0 Å². The van der Waals surface area contributed by atoms with Gasteiger partial charge in [-0.25, -0.2) is 0 Å². The van der Waals surface area contributed by atoms with Crippen LogP contribution >= 0.6 is 0 Å². The Morgan fingerprint density at radius 1 is 1.62 bits per heavy atom. The van der Waals surface area contributed by atoms with Crippen molar-refractivity contribution in [1.82, 2.24) is 4.67 Å². The number of rotatable bonds is 0. The Morgan fingerprint density at radius 2 is 2.38 bits per heavy atom. The van der Waals surface area contributed by atoms with Gasteiger partial charge in [-0.05, 0) is 0 Å². The second-order valence-electron chi connectivity index (χ2n) is 2.50. The van der Waals surface area contributed by atoms with E-state index in [0.29, 0.717) is 0 Å². The van der Waals surface area contributed by atoms with Gasteiger partial charge < -0.3 is 0 Å². The molecule has 0 amide bonds. The van der Waals surface area contributed by atoms with E-state index in [-0.39, 0.29) is 0 Å². The number of allylic oxidation sites excluding steroid dienone is 1. The van der Waals surface area contributed by atoms with Gasteiger partial charge in [0.2, 0.25) is 0 Å². The molecule has 2 aliphatic heterocycles. The van der Waals surface area contributed by atoms with E-state index in [4.69, 9.17) is 0 Å². The van der Waals surface area contributed by atoms with Crippen LogP contribution in [0.25, 0.3) is 0 Å². The molecule has 0 atom stereocenters. The summed E-state index contributed by atoms with van der Waals surface area (Å²) >= 11 is 0. The van der Waals surface area contributed by atoms with Crippen molar-refractivity contribution in [3.8, 4) is 0 Å². The maximum absolute atomic E-state index is 4.17. The van der Waals surface area contributed by atoms with Crippen LogP contribution in [0.3, 0.4) is 0 Å². The largest absolute Gasteiger partial charge is 0.295 e. The highest BCUT2D eigenvalue weighted by molar-refractivity contribution is 6.00. The van der Waals surface area contributed by atoms with Crippen LogP contribution in [0.2, 0.25) is 0 Å².